The van der Waals surface area contributed by atoms with E-state index in [0.29, 0.717) is 6.04 Å². The third-order valence-corrected chi connectivity index (χ3v) is 4.90. The molecular weight excluding hydrogens is 340 g/mol. The van der Waals surface area contributed by atoms with Crippen molar-refractivity contribution in [1.82, 2.24) is 19.8 Å². The van der Waals surface area contributed by atoms with Crippen molar-refractivity contribution in [1.29, 1.82) is 0 Å². The zero-order valence-electron chi connectivity index (χ0n) is 15.2. The van der Waals surface area contributed by atoms with Gasteiger partial charge in [-0.1, -0.05) is 30.3 Å². The molecule has 2 N–H and O–H groups in total. The number of imidazole rings is 1. The highest BCUT2D eigenvalue weighted by atomic mass is 16.5. The summed E-state index contributed by atoms with van der Waals surface area (Å²) in [7, 11) is 2.16. The fourth-order valence-electron chi connectivity index (χ4n) is 3.28. The lowest BCUT2D eigenvalue weighted by molar-refractivity contribution is -0.124. The second-order valence-corrected chi connectivity index (χ2v) is 6.92. The van der Waals surface area contributed by atoms with Crippen LogP contribution in [0.1, 0.15) is 24.1 Å². The van der Waals surface area contributed by atoms with E-state index >= 15 is 0 Å². The van der Waals surface area contributed by atoms with Crippen LogP contribution in [0.25, 0.3) is 23.0 Å². The Hall–Kier alpha value is -2.96. The van der Waals surface area contributed by atoms with Gasteiger partial charge < -0.3 is 4.40 Å². The summed E-state index contributed by atoms with van der Waals surface area (Å²) < 4.78 is 2.12. The van der Waals surface area contributed by atoms with Gasteiger partial charge in [-0.05, 0) is 43.7 Å². The van der Waals surface area contributed by atoms with Crippen LogP contribution in [0.4, 0.5) is 0 Å². The Morgan fingerprint density at radius 3 is 2.81 bits per heavy atom. The van der Waals surface area contributed by atoms with Gasteiger partial charge in [0.2, 0.25) is 0 Å². The quantitative estimate of drug-likeness (QED) is 0.402. The van der Waals surface area contributed by atoms with Gasteiger partial charge in [0.25, 0.3) is 5.91 Å². The molecule has 138 valence electrons. The van der Waals surface area contributed by atoms with Crippen LogP contribution in [-0.4, -0.2) is 38.5 Å². The van der Waals surface area contributed by atoms with Gasteiger partial charge in [0, 0.05) is 30.4 Å². The maximum atomic E-state index is 11.2. The maximum Gasteiger partial charge on any atom is 0.267 e. The molecule has 0 spiro atoms. The molecule has 1 aliphatic rings. The monoisotopic (exact) mass is 362 g/mol. The summed E-state index contributed by atoms with van der Waals surface area (Å²) in [6.07, 6.45) is 7.44. The molecule has 6 heteroatoms. The van der Waals surface area contributed by atoms with Gasteiger partial charge in [0.15, 0.2) is 0 Å². The summed E-state index contributed by atoms with van der Waals surface area (Å²) >= 11 is 0. The summed E-state index contributed by atoms with van der Waals surface area (Å²) in [5.41, 5.74) is 6.51. The first kappa shape index (κ1) is 17.5. The first-order chi connectivity index (χ1) is 13.2. The molecule has 2 aromatic heterocycles. The molecule has 4 rings (SSSR count). The van der Waals surface area contributed by atoms with Crippen molar-refractivity contribution in [3.63, 3.8) is 0 Å². The Morgan fingerprint density at radius 1 is 1.33 bits per heavy atom. The first-order valence-electron chi connectivity index (χ1n) is 9.04. The number of hydrogen-bond donors (Lipinski definition) is 2. The predicted octanol–water partition coefficient (Wildman–Crippen LogP) is 3.11. The normalized spacial score (nSPS) is 14.3. The van der Waals surface area contributed by atoms with Crippen LogP contribution in [0.2, 0.25) is 0 Å². The summed E-state index contributed by atoms with van der Waals surface area (Å²) in [6, 6.07) is 14.7. The number of aromatic nitrogens is 2. The number of nitrogens with one attached hydrogen (secondary N) is 1. The van der Waals surface area contributed by atoms with Crippen molar-refractivity contribution in [2.75, 3.05) is 7.05 Å². The Morgan fingerprint density at radius 2 is 2.11 bits per heavy atom. The molecule has 0 atom stereocenters. The molecular formula is C21H22N4O2. The Bertz CT molecular complexity index is 990. The zero-order valence-corrected chi connectivity index (χ0v) is 15.2. The molecule has 0 bridgehead atoms. The zero-order chi connectivity index (χ0) is 18.8. The van der Waals surface area contributed by atoms with Crippen LogP contribution in [0.15, 0.2) is 54.7 Å². The number of rotatable bonds is 6. The average molecular weight is 362 g/mol. The van der Waals surface area contributed by atoms with Crippen LogP contribution in [0, 0.1) is 0 Å². The standard InChI is InChI=1S/C21H22N4O2/c1-24(17-8-9-17)14-18-21(16-5-3-2-4-6-16)22-19-13-15(11-12-25(18)19)7-10-20(26)23-27/h2-7,10-13,17,27H,8-9,14H2,1H3,(H,23,26)/b10-7+. The lowest BCUT2D eigenvalue weighted by atomic mass is 10.1. The fourth-order valence-corrected chi connectivity index (χ4v) is 3.28. The van der Waals surface area contributed by atoms with Gasteiger partial charge in [0.1, 0.15) is 5.65 Å². The van der Waals surface area contributed by atoms with Gasteiger partial charge in [-0.15, -0.1) is 0 Å². The summed E-state index contributed by atoms with van der Waals surface area (Å²) in [4.78, 5) is 18.5. The van der Waals surface area contributed by atoms with E-state index in [1.807, 2.05) is 36.5 Å². The van der Waals surface area contributed by atoms with Crippen molar-refractivity contribution in [3.8, 4) is 11.3 Å². The van der Waals surface area contributed by atoms with Gasteiger partial charge in [-0.3, -0.25) is 14.9 Å². The van der Waals surface area contributed by atoms with Gasteiger partial charge >= 0.3 is 0 Å². The number of hydrogen-bond acceptors (Lipinski definition) is 4. The predicted molar refractivity (Wildman–Crippen MR) is 104 cm³/mol. The SMILES string of the molecule is CN(Cc1c(-c2ccccc2)nc2cc(/C=C/C(=O)NO)ccn12)C1CC1. The third-order valence-electron chi connectivity index (χ3n) is 4.90. The van der Waals surface area contributed by atoms with E-state index in [1.54, 1.807) is 11.6 Å². The van der Waals surface area contributed by atoms with E-state index in [9.17, 15) is 4.79 Å². The second-order valence-electron chi connectivity index (χ2n) is 6.92. The molecule has 0 unspecified atom stereocenters. The van der Waals surface area contributed by atoms with E-state index in [1.165, 1.54) is 18.9 Å². The van der Waals surface area contributed by atoms with Crippen molar-refractivity contribution in [3.05, 3.63) is 66.0 Å². The highest BCUT2D eigenvalue weighted by molar-refractivity contribution is 5.91. The molecule has 1 aromatic carbocycles. The Kier molecular flexibility index (Phi) is 4.75. The van der Waals surface area contributed by atoms with E-state index in [2.05, 4.69) is 28.5 Å². The lowest BCUT2D eigenvalue weighted by Crippen LogP contribution is -2.21. The van der Waals surface area contributed by atoms with Crippen LogP contribution in [0.3, 0.4) is 0 Å². The van der Waals surface area contributed by atoms with Crippen LogP contribution >= 0.6 is 0 Å². The molecule has 6 nitrogen and oxygen atoms in total. The minimum atomic E-state index is -0.560. The molecule has 0 aliphatic heterocycles. The molecule has 2 heterocycles. The number of carbonyl (C=O) groups is 1. The molecule has 0 saturated heterocycles. The Balaban J connectivity index is 1.76. The number of amides is 1. The molecule has 0 radical (unpaired) electrons. The highest BCUT2D eigenvalue weighted by Gasteiger charge is 2.27. The number of benzene rings is 1. The molecule has 1 amide bonds. The van der Waals surface area contributed by atoms with Gasteiger partial charge in [-0.25, -0.2) is 10.5 Å². The second kappa shape index (κ2) is 7.34. The molecule has 1 aliphatic carbocycles. The van der Waals surface area contributed by atoms with Crippen molar-refractivity contribution >= 4 is 17.6 Å². The lowest BCUT2D eigenvalue weighted by Gasteiger charge is -2.16. The average Bonchev–Trinajstić information content (AvgIpc) is 3.50. The maximum absolute atomic E-state index is 11.2. The Labute approximate surface area is 157 Å². The van der Waals surface area contributed by atoms with Crippen molar-refractivity contribution < 1.29 is 10.0 Å². The summed E-state index contributed by atoms with van der Waals surface area (Å²) in [5, 5.41) is 8.61. The first-order valence-corrected chi connectivity index (χ1v) is 9.04. The minimum Gasteiger partial charge on any atom is -0.302 e. The van der Waals surface area contributed by atoms with Crippen molar-refractivity contribution in [2.24, 2.45) is 0 Å². The van der Waals surface area contributed by atoms with Gasteiger partial charge in [0.05, 0.1) is 11.4 Å². The van der Waals surface area contributed by atoms with Crippen LogP contribution in [-0.2, 0) is 11.3 Å². The number of fused-ring (bicyclic) bond motifs is 1. The summed E-state index contributed by atoms with van der Waals surface area (Å²) in [5.74, 6) is -0.560. The number of nitrogens with zero attached hydrogens (tertiary/aromatic N) is 3. The van der Waals surface area contributed by atoms with Gasteiger partial charge in [-0.2, -0.15) is 0 Å². The molecule has 1 fully saturated rings. The van der Waals surface area contributed by atoms with Crippen molar-refractivity contribution in [2.45, 2.75) is 25.4 Å². The number of pyridine rings is 1. The van der Waals surface area contributed by atoms with Crippen LogP contribution < -0.4 is 5.48 Å². The smallest absolute Gasteiger partial charge is 0.267 e. The number of hydroxylamine groups is 1. The topological polar surface area (TPSA) is 69.9 Å². The molecule has 3 aromatic rings. The van der Waals surface area contributed by atoms with E-state index in [-0.39, 0.29) is 0 Å². The van der Waals surface area contributed by atoms with E-state index in [0.717, 1.165) is 34.7 Å². The minimum absolute atomic E-state index is 0.560. The number of carbonyl (C=O) groups excluding carboxylic acids is 1. The summed E-state index contributed by atoms with van der Waals surface area (Å²) in [6.45, 7) is 0.832. The molecule has 1 saturated carbocycles. The van der Waals surface area contributed by atoms with E-state index < -0.39 is 5.91 Å². The largest absolute Gasteiger partial charge is 0.302 e. The molecule has 27 heavy (non-hydrogen) atoms. The highest BCUT2D eigenvalue weighted by Crippen LogP contribution is 2.30. The van der Waals surface area contributed by atoms with E-state index in [4.69, 9.17) is 10.2 Å². The third kappa shape index (κ3) is 3.77. The fraction of sp³-hybridized carbons (Fsp3) is 0.238. The van der Waals surface area contributed by atoms with Crippen LogP contribution in [0.5, 0.6) is 0 Å².